The van der Waals surface area contributed by atoms with Crippen molar-refractivity contribution in [2.75, 3.05) is 18.2 Å². The molecule has 0 saturated heterocycles. The van der Waals surface area contributed by atoms with Gasteiger partial charge in [0.2, 0.25) is 5.13 Å². The van der Waals surface area contributed by atoms with Crippen LogP contribution in [0.3, 0.4) is 0 Å². The van der Waals surface area contributed by atoms with Gasteiger partial charge in [-0.15, -0.1) is 0 Å². The number of methoxy groups -OCH3 is 1. The van der Waals surface area contributed by atoms with Crippen LogP contribution in [0, 0.1) is 6.92 Å². The molecule has 0 aliphatic carbocycles. The summed E-state index contributed by atoms with van der Waals surface area (Å²) in [7, 11) is -1.81. The van der Waals surface area contributed by atoms with Gasteiger partial charge in [-0.3, -0.25) is 4.79 Å². The Morgan fingerprint density at radius 1 is 1.19 bits per heavy atom. The average Bonchev–Trinajstić information content (AvgIpc) is 3.35. The number of carbonyl (C=O) groups excluding carboxylic acids is 1. The predicted molar refractivity (Wildman–Crippen MR) is 120 cm³/mol. The van der Waals surface area contributed by atoms with Crippen LogP contribution >= 0.6 is 11.3 Å². The number of carbonyl (C=O) groups is 1. The third-order valence-corrected chi connectivity index (χ3v) is 7.40. The minimum atomic E-state index is -3.41. The second-order valence-corrected chi connectivity index (χ2v) is 10.1. The van der Waals surface area contributed by atoms with Crippen LogP contribution in [-0.4, -0.2) is 42.0 Å². The molecular weight excluding hydrogens is 436 g/mol. The molecule has 160 valence electrons. The van der Waals surface area contributed by atoms with Gasteiger partial charge in [0.05, 0.1) is 33.7 Å². The minimum absolute atomic E-state index is 0.0353. The number of thiazole rings is 1. The molecule has 4 aromatic rings. The maximum atomic E-state index is 12.8. The van der Waals surface area contributed by atoms with Crippen LogP contribution in [0.25, 0.3) is 15.3 Å². The molecule has 2 aromatic heterocycles. The number of hydrogen-bond donors (Lipinski definition) is 1. The lowest BCUT2D eigenvalue weighted by Gasteiger charge is -2.08. The Morgan fingerprint density at radius 2 is 2.00 bits per heavy atom. The fourth-order valence-corrected chi connectivity index (χ4v) is 4.92. The van der Waals surface area contributed by atoms with Crippen LogP contribution in [0.2, 0.25) is 0 Å². The molecule has 0 aliphatic heterocycles. The number of hydrogen-bond acceptors (Lipinski definition) is 7. The van der Waals surface area contributed by atoms with E-state index in [0.29, 0.717) is 16.6 Å². The maximum Gasteiger partial charge on any atom is 0.256 e. The number of sulfone groups is 1. The summed E-state index contributed by atoms with van der Waals surface area (Å²) in [6, 6.07) is 13.3. The van der Waals surface area contributed by atoms with Gasteiger partial charge in [-0.25, -0.2) is 13.4 Å². The van der Waals surface area contributed by atoms with E-state index in [4.69, 9.17) is 4.74 Å². The monoisotopic (exact) mass is 456 g/mol. The number of amides is 1. The van der Waals surface area contributed by atoms with Crippen molar-refractivity contribution < 1.29 is 17.9 Å². The van der Waals surface area contributed by atoms with Crippen LogP contribution in [0.15, 0.2) is 53.4 Å². The highest BCUT2D eigenvalue weighted by Gasteiger charge is 2.18. The Kier molecular flexibility index (Phi) is 5.50. The number of fused-ring (bicyclic) bond motifs is 1. The summed E-state index contributed by atoms with van der Waals surface area (Å²) in [4.78, 5) is 17.6. The quantitative estimate of drug-likeness (QED) is 0.473. The molecule has 1 N–H and O–H groups in total. The molecule has 8 nitrogen and oxygen atoms in total. The van der Waals surface area contributed by atoms with Crippen LogP contribution in [0.1, 0.15) is 23.0 Å². The Hall–Kier alpha value is -3.24. The zero-order chi connectivity index (χ0) is 22.2. The molecule has 0 fully saturated rings. The highest BCUT2D eigenvalue weighted by atomic mass is 32.2. The third kappa shape index (κ3) is 4.17. The van der Waals surface area contributed by atoms with Crippen molar-refractivity contribution in [3.05, 3.63) is 59.8 Å². The first-order chi connectivity index (χ1) is 14.8. The highest BCUT2D eigenvalue weighted by molar-refractivity contribution is 7.91. The zero-order valence-electron chi connectivity index (χ0n) is 17.1. The number of rotatable bonds is 6. The van der Waals surface area contributed by atoms with Crippen molar-refractivity contribution >= 4 is 43.1 Å². The Bertz CT molecular complexity index is 1390. The largest absolute Gasteiger partial charge is 0.497 e. The topological polar surface area (TPSA) is 103 Å². The van der Waals surface area contributed by atoms with E-state index in [9.17, 15) is 13.2 Å². The summed E-state index contributed by atoms with van der Waals surface area (Å²) in [6.07, 6.45) is 0. The smallest absolute Gasteiger partial charge is 0.256 e. The predicted octanol–water partition coefficient (Wildman–Crippen LogP) is 3.84. The summed E-state index contributed by atoms with van der Waals surface area (Å²) in [5.74, 6) is 0.705. The molecular formula is C21H20N4O4S2. The molecule has 10 heteroatoms. The first-order valence-electron chi connectivity index (χ1n) is 9.46. The first-order valence-corrected chi connectivity index (χ1v) is 11.9. The van der Waals surface area contributed by atoms with Gasteiger partial charge in [0, 0.05) is 11.6 Å². The van der Waals surface area contributed by atoms with Gasteiger partial charge in [-0.2, -0.15) is 9.78 Å². The molecule has 0 bridgehead atoms. The molecule has 2 aromatic carbocycles. The second-order valence-electron chi connectivity index (χ2n) is 6.80. The molecule has 2 heterocycles. The number of ether oxygens (including phenoxy) is 1. The van der Waals surface area contributed by atoms with Crippen molar-refractivity contribution in [2.24, 2.45) is 0 Å². The van der Waals surface area contributed by atoms with Gasteiger partial charge in [-0.1, -0.05) is 24.3 Å². The Morgan fingerprint density at radius 3 is 2.74 bits per heavy atom. The highest BCUT2D eigenvalue weighted by Crippen LogP contribution is 2.30. The van der Waals surface area contributed by atoms with E-state index in [-0.39, 0.29) is 16.2 Å². The van der Waals surface area contributed by atoms with Crippen molar-refractivity contribution in [1.29, 1.82) is 0 Å². The molecule has 0 atom stereocenters. The first kappa shape index (κ1) is 21.0. The van der Waals surface area contributed by atoms with Gasteiger partial charge in [0.25, 0.3) is 5.91 Å². The molecule has 0 unspecified atom stereocenters. The van der Waals surface area contributed by atoms with Crippen molar-refractivity contribution in [1.82, 2.24) is 14.8 Å². The lowest BCUT2D eigenvalue weighted by Crippen LogP contribution is -2.16. The molecule has 1 amide bonds. The molecule has 31 heavy (non-hydrogen) atoms. The average molecular weight is 457 g/mol. The molecule has 0 radical (unpaired) electrons. The Labute approximate surface area is 183 Å². The van der Waals surface area contributed by atoms with E-state index in [1.54, 1.807) is 36.9 Å². The van der Waals surface area contributed by atoms with E-state index in [1.807, 2.05) is 25.1 Å². The van der Waals surface area contributed by atoms with Gasteiger partial charge in [0.1, 0.15) is 11.6 Å². The SMILES string of the molecule is CCS(=O)(=O)c1cccc(C(=O)Nc2cc(C)nn2-c2nc3ccc(OC)cc3s2)c1. The van der Waals surface area contributed by atoms with Crippen LogP contribution < -0.4 is 10.1 Å². The summed E-state index contributed by atoms with van der Waals surface area (Å²) in [5, 5.41) is 7.87. The van der Waals surface area contributed by atoms with E-state index in [2.05, 4.69) is 15.4 Å². The maximum absolute atomic E-state index is 12.8. The summed E-state index contributed by atoms with van der Waals surface area (Å²) < 4.78 is 32.1. The van der Waals surface area contributed by atoms with E-state index in [1.165, 1.54) is 23.5 Å². The Balaban J connectivity index is 1.67. The third-order valence-electron chi connectivity index (χ3n) is 4.67. The lowest BCUT2D eigenvalue weighted by atomic mass is 10.2. The molecule has 0 saturated carbocycles. The number of nitrogens with one attached hydrogen (secondary N) is 1. The van der Waals surface area contributed by atoms with E-state index < -0.39 is 15.7 Å². The molecule has 4 rings (SSSR count). The summed E-state index contributed by atoms with van der Waals surface area (Å²) >= 11 is 1.42. The van der Waals surface area contributed by atoms with Crippen LogP contribution in [0.5, 0.6) is 5.75 Å². The minimum Gasteiger partial charge on any atom is -0.497 e. The fourth-order valence-electron chi connectivity index (χ4n) is 3.03. The standard InChI is InChI=1S/C21H20N4O4S2/c1-4-31(27,28)16-7-5-6-14(11-16)20(26)23-19-10-13(2)24-25(19)21-22-17-9-8-15(29-3)12-18(17)30-21/h5-12H,4H2,1-3H3,(H,23,26). The van der Waals surface area contributed by atoms with E-state index >= 15 is 0 Å². The summed E-state index contributed by atoms with van der Waals surface area (Å²) in [6.45, 7) is 3.38. The molecule has 0 aliphatic rings. The van der Waals surface area contributed by atoms with Gasteiger partial charge >= 0.3 is 0 Å². The van der Waals surface area contributed by atoms with Gasteiger partial charge in [0.15, 0.2) is 9.84 Å². The number of benzene rings is 2. The lowest BCUT2D eigenvalue weighted by molar-refractivity contribution is 0.102. The van der Waals surface area contributed by atoms with Crippen molar-refractivity contribution in [3.8, 4) is 10.9 Å². The fraction of sp³-hybridized carbons (Fsp3) is 0.190. The second kappa shape index (κ2) is 8.12. The van der Waals surface area contributed by atoms with Gasteiger partial charge < -0.3 is 10.1 Å². The van der Waals surface area contributed by atoms with Crippen molar-refractivity contribution in [3.63, 3.8) is 0 Å². The molecule has 0 spiro atoms. The normalized spacial score (nSPS) is 11.6. The van der Waals surface area contributed by atoms with Crippen molar-refractivity contribution in [2.45, 2.75) is 18.7 Å². The van der Waals surface area contributed by atoms with Crippen LogP contribution in [0.4, 0.5) is 5.82 Å². The van der Waals surface area contributed by atoms with E-state index in [0.717, 1.165) is 16.0 Å². The van der Waals surface area contributed by atoms with Crippen LogP contribution in [-0.2, 0) is 9.84 Å². The number of aryl methyl sites for hydroxylation is 1. The number of aromatic nitrogens is 3. The zero-order valence-corrected chi connectivity index (χ0v) is 18.8. The number of nitrogens with zero attached hydrogens (tertiary/aromatic N) is 3. The number of anilines is 1. The summed E-state index contributed by atoms with van der Waals surface area (Å²) in [5.41, 5.74) is 1.74. The van der Waals surface area contributed by atoms with Gasteiger partial charge in [-0.05, 0) is 43.3 Å².